The molecule has 1 aliphatic rings. The van der Waals surface area contributed by atoms with Gasteiger partial charge in [0.15, 0.2) is 0 Å². The molecule has 3 amide bonds. The fraction of sp³-hybridized carbons (Fsp3) is 0.304. The molecule has 4 rings (SSSR count). The third-order valence-corrected chi connectivity index (χ3v) is 5.86. The summed E-state index contributed by atoms with van der Waals surface area (Å²) in [5, 5.41) is 2.91. The molecule has 8 heteroatoms. The van der Waals surface area contributed by atoms with Crippen LogP contribution in [0, 0.1) is 0 Å². The lowest BCUT2D eigenvalue weighted by molar-refractivity contribution is -0.133. The Kier molecular flexibility index (Phi) is 6.46. The lowest BCUT2D eigenvalue weighted by Gasteiger charge is -2.27. The van der Waals surface area contributed by atoms with Crippen molar-refractivity contribution in [2.75, 3.05) is 11.9 Å². The van der Waals surface area contributed by atoms with E-state index in [2.05, 4.69) is 21.2 Å². The summed E-state index contributed by atoms with van der Waals surface area (Å²) in [6, 6.07) is 14.8. The Morgan fingerprint density at radius 1 is 1.13 bits per heavy atom. The zero-order chi connectivity index (χ0) is 21.8. The smallest absolute Gasteiger partial charge is 0.322 e. The maximum atomic E-state index is 13.3. The van der Waals surface area contributed by atoms with E-state index in [1.807, 2.05) is 66.3 Å². The molecule has 1 aromatic carbocycles. The van der Waals surface area contributed by atoms with Gasteiger partial charge in [0.05, 0.1) is 19.4 Å². The van der Waals surface area contributed by atoms with Gasteiger partial charge >= 0.3 is 6.03 Å². The monoisotopic (exact) mass is 484 g/mol. The maximum Gasteiger partial charge on any atom is 0.322 e. The van der Waals surface area contributed by atoms with Gasteiger partial charge in [-0.25, -0.2) is 4.79 Å². The third kappa shape index (κ3) is 5.58. The fourth-order valence-corrected chi connectivity index (χ4v) is 3.67. The van der Waals surface area contributed by atoms with Crippen LogP contribution in [0.1, 0.15) is 24.3 Å². The summed E-state index contributed by atoms with van der Waals surface area (Å²) < 4.78 is 8.39. The molecule has 162 valence electrons. The Hall–Kier alpha value is -3.00. The predicted molar refractivity (Wildman–Crippen MR) is 121 cm³/mol. The van der Waals surface area contributed by atoms with Gasteiger partial charge in [0.1, 0.15) is 12.3 Å². The summed E-state index contributed by atoms with van der Waals surface area (Å²) in [5.74, 6) is 0.593. The van der Waals surface area contributed by atoms with Gasteiger partial charge in [-0.3, -0.25) is 4.79 Å². The average Bonchev–Trinajstić information content (AvgIpc) is 3.31. The van der Waals surface area contributed by atoms with E-state index in [-0.39, 0.29) is 24.5 Å². The number of amides is 3. The minimum atomic E-state index is -0.255. The highest BCUT2D eigenvalue weighted by Gasteiger charge is 2.35. The van der Waals surface area contributed by atoms with Crippen LogP contribution in [0.3, 0.4) is 0 Å². The van der Waals surface area contributed by atoms with Gasteiger partial charge in [-0.05, 0) is 61.4 Å². The first-order chi connectivity index (χ1) is 15.0. The number of nitrogens with one attached hydrogen (secondary N) is 1. The predicted octanol–water partition coefficient (Wildman–Crippen LogP) is 4.61. The molecule has 0 aliphatic heterocycles. The molecule has 0 unspecified atom stereocenters. The Labute approximate surface area is 189 Å². The molecular weight excluding hydrogens is 460 g/mol. The molecule has 2 heterocycles. The number of aromatic nitrogens is 1. The van der Waals surface area contributed by atoms with Crippen LogP contribution in [-0.2, 0) is 24.9 Å². The Balaban J connectivity index is 1.47. The van der Waals surface area contributed by atoms with Crippen LogP contribution < -0.4 is 5.32 Å². The summed E-state index contributed by atoms with van der Waals surface area (Å²) in [6.45, 7) is 0.817. The van der Waals surface area contributed by atoms with Crippen LogP contribution in [-0.4, -0.2) is 38.9 Å². The molecule has 0 spiro atoms. The quantitative estimate of drug-likeness (QED) is 0.507. The number of carbonyl (C=O) groups excluding carboxylic acids is 2. The summed E-state index contributed by atoms with van der Waals surface area (Å²) in [7, 11) is 1.95. The Morgan fingerprint density at radius 2 is 1.90 bits per heavy atom. The molecule has 0 atom stereocenters. The standard InChI is InChI=1S/C23H25BrN4O3/c1-26-12-2-4-20(26)14-27(15-21-5-3-13-31-21)22(29)16-28(19-10-11-19)23(30)25-18-8-6-17(24)7-9-18/h2-9,12-13,19H,10-11,14-16H2,1H3,(H,25,30). The van der Waals surface area contributed by atoms with E-state index in [0.717, 1.165) is 23.0 Å². The molecule has 1 saturated carbocycles. The molecule has 7 nitrogen and oxygen atoms in total. The van der Waals surface area contributed by atoms with E-state index in [9.17, 15) is 9.59 Å². The van der Waals surface area contributed by atoms with Gasteiger partial charge in [0.25, 0.3) is 0 Å². The van der Waals surface area contributed by atoms with Crippen molar-refractivity contribution in [1.82, 2.24) is 14.4 Å². The van der Waals surface area contributed by atoms with Crippen molar-refractivity contribution in [2.24, 2.45) is 7.05 Å². The van der Waals surface area contributed by atoms with E-state index in [0.29, 0.717) is 24.5 Å². The number of hydrogen-bond acceptors (Lipinski definition) is 3. The Bertz CT molecular complexity index is 1030. The minimum Gasteiger partial charge on any atom is -0.467 e. The van der Waals surface area contributed by atoms with E-state index in [1.165, 1.54) is 0 Å². The molecule has 3 aromatic rings. The van der Waals surface area contributed by atoms with Crippen LogP contribution >= 0.6 is 15.9 Å². The number of urea groups is 1. The number of aryl methyl sites for hydroxylation is 1. The van der Waals surface area contributed by atoms with Crippen LogP contribution in [0.4, 0.5) is 10.5 Å². The average molecular weight is 485 g/mol. The van der Waals surface area contributed by atoms with Crippen molar-refractivity contribution in [2.45, 2.75) is 32.0 Å². The fourth-order valence-electron chi connectivity index (χ4n) is 3.41. The van der Waals surface area contributed by atoms with Gasteiger partial charge < -0.3 is 24.1 Å². The largest absolute Gasteiger partial charge is 0.467 e. The molecular formula is C23H25BrN4O3. The van der Waals surface area contributed by atoms with E-state index in [1.54, 1.807) is 16.1 Å². The van der Waals surface area contributed by atoms with Crippen molar-refractivity contribution in [3.05, 3.63) is 76.9 Å². The number of benzene rings is 1. The number of carbonyl (C=O) groups is 2. The SMILES string of the molecule is Cn1cccc1CN(Cc1ccco1)C(=O)CN(C(=O)Nc1ccc(Br)cc1)C1CC1. The molecule has 0 bridgehead atoms. The maximum absolute atomic E-state index is 13.3. The molecule has 2 aromatic heterocycles. The van der Waals surface area contributed by atoms with Crippen molar-refractivity contribution in [3.8, 4) is 0 Å². The highest BCUT2D eigenvalue weighted by Crippen LogP contribution is 2.28. The van der Waals surface area contributed by atoms with Gasteiger partial charge in [0, 0.05) is 35.1 Å². The summed E-state index contributed by atoms with van der Waals surface area (Å²) in [5.41, 5.74) is 1.71. The summed E-state index contributed by atoms with van der Waals surface area (Å²) >= 11 is 3.39. The molecule has 0 saturated heterocycles. The van der Waals surface area contributed by atoms with Gasteiger partial charge in [0.2, 0.25) is 5.91 Å². The number of hydrogen-bond donors (Lipinski definition) is 1. The third-order valence-electron chi connectivity index (χ3n) is 5.33. The van der Waals surface area contributed by atoms with Crippen molar-refractivity contribution in [1.29, 1.82) is 0 Å². The number of rotatable bonds is 8. The number of anilines is 1. The van der Waals surface area contributed by atoms with Gasteiger partial charge in [-0.1, -0.05) is 15.9 Å². The zero-order valence-corrected chi connectivity index (χ0v) is 18.9. The number of furan rings is 1. The zero-order valence-electron chi connectivity index (χ0n) is 17.3. The number of nitrogens with zero attached hydrogens (tertiary/aromatic N) is 3. The molecule has 1 N–H and O–H groups in total. The first kappa shape index (κ1) is 21.2. The second-order valence-corrected chi connectivity index (χ2v) is 8.65. The number of halogens is 1. The molecule has 1 aliphatic carbocycles. The van der Waals surface area contributed by atoms with Gasteiger partial charge in [-0.15, -0.1) is 0 Å². The summed E-state index contributed by atoms with van der Waals surface area (Å²) in [6.07, 6.45) is 5.38. The van der Waals surface area contributed by atoms with E-state index < -0.39 is 0 Å². The first-order valence-electron chi connectivity index (χ1n) is 10.2. The van der Waals surface area contributed by atoms with E-state index >= 15 is 0 Å². The van der Waals surface area contributed by atoms with Crippen LogP contribution in [0.5, 0.6) is 0 Å². The van der Waals surface area contributed by atoms with Crippen LogP contribution in [0.15, 0.2) is 69.9 Å². The van der Waals surface area contributed by atoms with Crippen molar-refractivity contribution < 1.29 is 14.0 Å². The topological polar surface area (TPSA) is 70.7 Å². The normalized spacial score (nSPS) is 13.1. The second-order valence-electron chi connectivity index (χ2n) is 7.74. The highest BCUT2D eigenvalue weighted by molar-refractivity contribution is 9.10. The minimum absolute atomic E-state index is 0.0260. The molecule has 31 heavy (non-hydrogen) atoms. The summed E-state index contributed by atoms with van der Waals surface area (Å²) in [4.78, 5) is 29.6. The van der Waals surface area contributed by atoms with Crippen molar-refractivity contribution in [3.63, 3.8) is 0 Å². The molecule has 1 fully saturated rings. The van der Waals surface area contributed by atoms with Crippen LogP contribution in [0.2, 0.25) is 0 Å². The van der Waals surface area contributed by atoms with Gasteiger partial charge in [-0.2, -0.15) is 0 Å². The first-order valence-corrected chi connectivity index (χ1v) is 11.0. The lowest BCUT2D eigenvalue weighted by atomic mass is 10.3. The van der Waals surface area contributed by atoms with Crippen LogP contribution in [0.25, 0.3) is 0 Å². The molecule has 0 radical (unpaired) electrons. The lowest BCUT2D eigenvalue weighted by Crippen LogP contribution is -2.45. The Morgan fingerprint density at radius 3 is 2.52 bits per heavy atom. The van der Waals surface area contributed by atoms with Crippen molar-refractivity contribution >= 4 is 33.6 Å². The highest BCUT2D eigenvalue weighted by atomic mass is 79.9. The second kappa shape index (κ2) is 9.43. The van der Waals surface area contributed by atoms with E-state index in [4.69, 9.17) is 4.42 Å².